The van der Waals surface area contributed by atoms with Gasteiger partial charge in [-0.15, -0.1) is 0 Å². The van der Waals surface area contributed by atoms with Gasteiger partial charge in [0.15, 0.2) is 6.29 Å². The van der Waals surface area contributed by atoms with Gasteiger partial charge in [-0.25, -0.2) is 0 Å². The van der Waals surface area contributed by atoms with E-state index in [0.717, 1.165) is 103 Å². The summed E-state index contributed by atoms with van der Waals surface area (Å²) in [5.74, 6) is -0.262. The number of hydrogen-bond donors (Lipinski definition) is 6. The van der Waals surface area contributed by atoms with Gasteiger partial charge in [0.25, 0.3) is 0 Å². The molecular formula is C57H99NO10. The molecule has 1 aliphatic heterocycles. The quantitative estimate of drug-likeness (QED) is 0.0196. The summed E-state index contributed by atoms with van der Waals surface area (Å²) in [6.45, 7) is 4.10. The van der Waals surface area contributed by atoms with Crippen molar-refractivity contribution in [3.8, 4) is 0 Å². The summed E-state index contributed by atoms with van der Waals surface area (Å²) < 4.78 is 16.6. The molecule has 0 bridgehead atoms. The molecule has 1 fully saturated rings. The summed E-state index contributed by atoms with van der Waals surface area (Å²) in [5, 5.41) is 54.1. The first-order valence-corrected chi connectivity index (χ1v) is 27.2. The molecule has 1 heterocycles. The Labute approximate surface area is 413 Å². The lowest BCUT2D eigenvalue weighted by Gasteiger charge is -2.40. The second-order valence-corrected chi connectivity index (χ2v) is 18.5. The Bertz CT molecular complexity index is 1360. The van der Waals surface area contributed by atoms with E-state index in [-0.39, 0.29) is 18.5 Å². The molecule has 0 aromatic rings. The molecule has 6 N–H and O–H groups in total. The molecule has 68 heavy (non-hydrogen) atoms. The minimum Gasteiger partial charge on any atom is -0.466 e. The molecule has 392 valence electrons. The summed E-state index contributed by atoms with van der Waals surface area (Å²) >= 11 is 0. The van der Waals surface area contributed by atoms with Crippen LogP contribution >= 0.6 is 0 Å². The van der Waals surface area contributed by atoms with Gasteiger partial charge in [-0.3, -0.25) is 9.59 Å². The summed E-state index contributed by atoms with van der Waals surface area (Å²) in [6, 6.07) is -0.847. The third-order valence-electron chi connectivity index (χ3n) is 12.3. The highest BCUT2D eigenvalue weighted by Crippen LogP contribution is 2.22. The van der Waals surface area contributed by atoms with E-state index in [1.165, 1.54) is 77.0 Å². The maximum absolute atomic E-state index is 13.0. The van der Waals surface area contributed by atoms with Crippen molar-refractivity contribution in [3.63, 3.8) is 0 Å². The summed E-state index contributed by atoms with van der Waals surface area (Å²) in [4.78, 5) is 25.0. The second-order valence-electron chi connectivity index (χ2n) is 18.5. The van der Waals surface area contributed by atoms with Gasteiger partial charge in [-0.2, -0.15) is 0 Å². The molecular weight excluding hydrogens is 859 g/mol. The fourth-order valence-corrected chi connectivity index (χ4v) is 7.91. The number of nitrogens with one attached hydrogen (secondary N) is 1. The molecule has 0 saturated carbocycles. The van der Waals surface area contributed by atoms with Gasteiger partial charge in [-0.1, -0.05) is 157 Å². The zero-order chi connectivity index (χ0) is 49.6. The Balaban J connectivity index is 2.14. The van der Waals surface area contributed by atoms with Crippen molar-refractivity contribution in [2.45, 2.75) is 256 Å². The highest BCUT2D eigenvalue weighted by Gasteiger charge is 2.44. The molecule has 7 unspecified atom stereocenters. The second kappa shape index (κ2) is 46.5. The van der Waals surface area contributed by atoms with Crippen molar-refractivity contribution in [2.24, 2.45) is 0 Å². The van der Waals surface area contributed by atoms with E-state index in [2.05, 4.69) is 79.9 Å². The number of hydrogen-bond acceptors (Lipinski definition) is 10. The van der Waals surface area contributed by atoms with E-state index >= 15 is 0 Å². The first-order valence-electron chi connectivity index (χ1n) is 27.2. The van der Waals surface area contributed by atoms with Gasteiger partial charge in [0.1, 0.15) is 24.4 Å². The zero-order valence-corrected chi connectivity index (χ0v) is 42.8. The fourth-order valence-electron chi connectivity index (χ4n) is 7.91. The molecule has 0 aromatic heterocycles. The van der Waals surface area contributed by atoms with E-state index < -0.39 is 49.5 Å². The molecule has 1 amide bonds. The average Bonchev–Trinajstić information content (AvgIpc) is 3.33. The number of esters is 1. The summed E-state index contributed by atoms with van der Waals surface area (Å²) in [7, 11) is 0. The third-order valence-corrected chi connectivity index (χ3v) is 12.3. The van der Waals surface area contributed by atoms with E-state index in [1.54, 1.807) is 6.08 Å². The fraction of sp³-hybridized carbons (Fsp3) is 0.754. The highest BCUT2D eigenvalue weighted by atomic mass is 16.7. The van der Waals surface area contributed by atoms with Crippen LogP contribution in [-0.2, 0) is 23.8 Å². The van der Waals surface area contributed by atoms with Crippen molar-refractivity contribution in [1.29, 1.82) is 0 Å². The molecule has 0 spiro atoms. The molecule has 1 aliphatic rings. The van der Waals surface area contributed by atoms with Crippen LogP contribution < -0.4 is 5.32 Å². The first-order chi connectivity index (χ1) is 33.2. The molecule has 0 radical (unpaired) electrons. The van der Waals surface area contributed by atoms with Crippen LogP contribution in [0.1, 0.15) is 213 Å². The normalized spacial score (nSPS) is 20.0. The number of amides is 1. The Kier molecular flexibility index (Phi) is 43.1. The van der Waals surface area contributed by atoms with Crippen LogP contribution in [0, 0.1) is 0 Å². The smallest absolute Gasteiger partial charge is 0.305 e. The molecule has 0 aromatic carbocycles. The molecule has 7 atom stereocenters. The summed E-state index contributed by atoms with van der Waals surface area (Å²) in [5.41, 5.74) is 0. The highest BCUT2D eigenvalue weighted by molar-refractivity contribution is 5.76. The number of aliphatic hydroxyl groups excluding tert-OH is 5. The van der Waals surface area contributed by atoms with E-state index in [0.29, 0.717) is 25.9 Å². The third kappa shape index (κ3) is 36.1. The molecule has 1 rings (SSSR count). The molecule has 0 aliphatic carbocycles. The number of carbonyl (C=O) groups is 2. The molecule has 11 nitrogen and oxygen atoms in total. The maximum Gasteiger partial charge on any atom is 0.305 e. The zero-order valence-electron chi connectivity index (χ0n) is 42.8. The van der Waals surface area contributed by atoms with Crippen LogP contribution in [0.5, 0.6) is 0 Å². The Hall–Kier alpha value is -2.90. The van der Waals surface area contributed by atoms with Crippen LogP contribution in [0.25, 0.3) is 0 Å². The number of rotatable bonds is 45. The van der Waals surface area contributed by atoms with Crippen molar-refractivity contribution in [1.82, 2.24) is 5.32 Å². The minimum absolute atomic E-state index is 0.0444. The predicted octanol–water partition coefficient (Wildman–Crippen LogP) is 11.7. The number of allylic oxidation sites excluding steroid dienone is 11. The van der Waals surface area contributed by atoms with Gasteiger partial charge < -0.3 is 45.1 Å². The van der Waals surface area contributed by atoms with Crippen LogP contribution in [0.2, 0.25) is 0 Å². The van der Waals surface area contributed by atoms with Crippen molar-refractivity contribution < 1.29 is 49.3 Å². The SMILES string of the molecule is CC/C=C/CC/C=C/CC/C=C/C(O)C(COC1OC(CO)C(O)C(O)C1O)NC(=O)CCCCCCCCC/C=C\C/C=C\CCCCCOC(=O)CCCCCCC/C=C\CCCCCC. The lowest BCUT2D eigenvalue weighted by molar-refractivity contribution is -0.302. The van der Waals surface area contributed by atoms with Gasteiger partial charge in [-0.05, 0) is 116 Å². The van der Waals surface area contributed by atoms with Crippen LogP contribution in [-0.4, -0.2) is 100 Å². The minimum atomic E-state index is -1.59. The van der Waals surface area contributed by atoms with Crippen LogP contribution in [0.4, 0.5) is 0 Å². The average molecular weight is 958 g/mol. The summed E-state index contributed by atoms with van der Waals surface area (Å²) in [6.07, 6.45) is 50.0. The Morgan fingerprint density at radius 2 is 1.04 bits per heavy atom. The van der Waals surface area contributed by atoms with Gasteiger partial charge in [0, 0.05) is 12.8 Å². The van der Waals surface area contributed by atoms with Crippen molar-refractivity contribution >= 4 is 11.9 Å². The van der Waals surface area contributed by atoms with E-state index in [4.69, 9.17) is 14.2 Å². The molecule has 11 heteroatoms. The van der Waals surface area contributed by atoms with Gasteiger partial charge in [0.2, 0.25) is 5.91 Å². The standard InChI is InChI=1S/C57H99NO10/c1-3-5-7-9-11-13-15-21-25-29-33-37-41-45-53(62)66-46-42-38-34-30-26-23-20-18-16-17-19-22-24-28-32-36-40-44-52(61)58-49(48-67-57-56(65)55(64)54(63)51(47-59)68-57)50(60)43-39-35-31-27-14-12-10-8-6-4-2/h6,8,13-16,18,23,26-27,39,43,49-51,54-57,59-60,63-65H,3-5,7,9-12,17,19-22,24-25,28-38,40-42,44-48H2,1-2H3,(H,58,61)/b8-6+,15-13-,18-16-,26-23-,27-14+,43-39+. The number of ether oxygens (including phenoxy) is 3. The Morgan fingerprint density at radius 3 is 1.62 bits per heavy atom. The van der Waals surface area contributed by atoms with Crippen molar-refractivity contribution in [2.75, 3.05) is 19.8 Å². The Morgan fingerprint density at radius 1 is 0.559 bits per heavy atom. The number of aliphatic hydroxyl groups is 5. The molecule has 1 saturated heterocycles. The largest absolute Gasteiger partial charge is 0.466 e. The first kappa shape index (κ1) is 63.1. The van der Waals surface area contributed by atoms with E-state index in [9.17, 15) is 35.1 Å². The number of unbranched alkanes of at least 4 members (excludes halogenated alkanes) is 21. The number of carbonyl (C=O) groups excluding carboxylic acids is 2. The monoisotopic (exact) mass is 958 g/mol. The predicted molar refractivity (Wildman–Crippen MR) is 278 cm³/mol. The van der Waals surface area contributed by atoms with E-state index in [1.807, 2.05) is 6.08 Å². The van der Waals surface area contributed by atoms with Crippen molar-refractivity contribution in [3.05, 3.63) is 72.9 Å². The lowest BCUT2D eigenvalue weighted by Crippen LogP contribution is -2.60. The lowest BCUT2D eigenvalue weighted by atomic mass is 9.99. The van der Waals surface area contributed by atoms with Gasteiger partial charge >= 0.3 is 5.97 Å². The van der Waals surface area contributed by atoms with Crippen LogP contribution in [0.3, 0.4) is 0 Å². The maximum atomic E-state index is 13.0. The van der Waals surface area contributed by atoms with Gasteiger partial charge in [0.05, 0.1) is 32.0 Å². The van der Waals surface area contributed by atoms with Crippen LogP contribution in [0.15, 0.2) is 72.9 Å². The topological polar surface area (TPSA) is 175 Å².